The Morgan fingerprint density at radius 2 is 1.67 bits per heavy atom. The highest BCUT2D eigenvalue weighted by molar-refractivity contribution is 6.08. The van der Waals surface area contributed by atoms with Crippen molar-refractivity contribution in [3.63, 3.8) is 0 Å². The Hall–Kier alpha value is -2.43. The Kier molecular flexibility index (Phi) is 4.51. The fourth-order valence-corrected chi connectivity index (χ4v) is 3.37. The number of rotatable bonds is 4. The number of aryl methyl sites for hydroxylation is 1. The normalized spacial score (nSPS) is 24.0. The fourth-order valence-electron chi connectivity index (χ4n) is 3.37. The molecule has 5 heteroatoms. The highest BCUT2D eigenvalue weighted by Crippen LogP contribution is 2.36. The number of carbonyl (C=O) groups excluding carboxylic acids is 3. The van der Waals surface area contributed by atoms with Gasteiger partial charge in [0.25, 0.3) is 0 Å². The molecular weight excluding hydrogens is 304 g/mol. The number of nitrogens with one attached hydrogen (secondary N) is 1. The Morgan fingerprint density at radius 1 is 1.12 bits per heavy atom. The molecule has 0 radical (unpaired) electrons. The van der Waals surface area contributed by atoms with Crippen molar-refractivity contribution in [1.82, 2.24) is 10.2 Å². The second-order valence-corrected chi connectivity index (χ2v) is 6.58. The number of fused-ring (bicyclic) bond motifs is 1. The molecule has 1 aliphatic carbocycles. The molecule has 3 atom stereocenters. The van der Waals surface area contributed by atoms with E-state index in [1.54, 1.807) is 6.92 Å². The van der Waals surface area contributed by atoms with Crippen LogP contribution in [0.15, 0.2) is 36.4 Å². The molecule has 0 saturated carbocycles. The Morgan fingerprint density at radius 3 is 2.21 bits per heavy atom. The second kappa shape index (κ2) is 6.59. The number of nitrogens with zero attached hydrogens (tertiary/aromatic N) is 1. The molecule has 1 heterocycles. The van der Waals surface area contributed by atoms with E-state index < -0.39 is 6.04 Å². The van der Waals surface area contributed by atoms with Crippen LogP contribution in [0.5, 0.6) is 0 Å². The van der Waals surface area contributed by atoms with Crippen LogP contribution in [0.4, 0.5) is 0 Å². The number of benzene rings is 1. The summed E-state index contributed by atoms with van der Waals surface area (Å²) in [6.45, 7) is 4.00. The summed E-state index contributed by atoms with van der Waals surface area (Å²) in [6.07, 6.45) is 5.06. The van der Waals surface area contributed by atoms with Crippen LogP contribution >= 0.6 is 0 Å². The van der Waals surface area contributed by atoms with E-state index in [-0.39, 0.29) is 29.6 Å². The summed E-state index contributed by atoms with van der Waals surface area (Å²) in [5.41, 5.74) is 2.14. The van der Waals surface area contributed by atoms with Crippen molar-refractivity contribution in [2.24, 2.45) is 11.8 Å². The molecule has 2 aliphatic rings. The minimum absolute atomic E-state index is 0.215. The van der Waals surface area contributed by atoms with Crippen LogP contribution in [0.3, 0.4) is 0 Å². The third kappa shape index (κ3) is 2.98. The van der Waals surface area contributed by atoms with Crippen molar-refractivity contribution in [2.75, 3.05) is 0 Å². The molecule has 3 amide bonds. The molecule has 1 aliphatic heterocycles. The van der Waals surface area contributed by atoms with Crippen LogP contribution in [-0.4, -0.2) is 28.7 Å². The Labute approximate surface area is 141 Å². The summed E-state index contributed by atoms with van der Waals surface area (Å²) >= 11 is 0. The first-order valence-corrected chi connectivity index (χ1v) is 8.34. The van der Waals surface area contributed by atoms with E-state index in [0.717, 1.165) is 16.0 Å². The minimum Gasteiger partial charge on any atom is -0.350 e. The molecule has 1 N–H and O–H groups in total. The SMILES string of the molecule is Cc1ccc(CNC(=O)[C@H](C)N2C(=O)[C@H]3CC=CC[C@@H]3C2=O)cc1. The summed E-state index contributed by atoms with van der Waals surface area (Å²) in [4.78, 5) is 38.6. The lowest BCUT2D eigenvalue weighted by atomic mass is 9.85. The molecule has 1 fully saturated rings. The van der Waals surface area contributed by atoms with Crippen LogP contribution in [0.2, 0.25) is 0 Å². The minimum atomic E-state index is -0.777. The first-order valence-electron chi connectivity index (χ1n) is 8.34. The summed E-state index contributed by atoms with van der Waals surface area (Å²) in [6, 6.07) is 7.09. The van der Waals surface area contributed by atoms with Crippen molar-refractivity contribution in [1.29, 1.82) is 0 Å². The molecule has 0 bridgehead atoms. The second-order valence-electron chi connectivity index (χ2n) is 6.58. The van der Waals surface area contributed by atoms with Gasteiger partial charge >= 0.3 is 0 Å². The van der Waals surface area contributed by atoms with E-state index in [0.29, 0.717) is 19.4 Å². The number of amides is 3. The van der Waals surface area contributed by atoms with Crippen LogP contribution in [0.1, 0.15) is 30.9 Å². The highest BCUT2D eigenvalue weighted by atomic mass is 16.2. The number of carbonyl (C=O) groups is 3. The van der Waals surface area contributed by atoms with E-state index in [4.69, 9.17) is 0 Å². The molecule has 1 aromatic carbocycles. The molecule has 0 spiro atoms. The number of likely N-dealkylation sites (tertiary alicyclic amines) is 1. The number of imide groups is 1. The topological polar surface area (TPSA) is 66.5 Å². The number of allylic oxidation sites excluding steroid dienone is 2. The summed E-state index contributed by atoms with van der Waals surface area (Å²) in [7, 11) is 0. The molecular formula is C19H22N2O3. The van der Waals surface area contributed by atoms with Crippen molar-refractivity contribution >= 4 is 17.7 Å². The predicted octanol–water partition coefficient (Wildman–Crippen LogP) is 1.95. The van der Waals surface area contributed by atoms with Crippen molar-refractivity contribution in [2.45, 2.75) is 39.3 Å². The van der Waals surface area contributed by atoms with E-state index >= 15 is 0 Å². The van der Waals surface area contributed by atoms with Gasteiger partial charge in [-0.1, -0.05) is 42.0 Å². The molecule has 24 heavy (non-hydrogen) atoms. The smallest absolute Gasteiger partial charge is 0.243 e. The third-order valence-corrected chi connectivity index (χ3v) is 4.90. The van der Waals surface area contributed by atoms with Gasteiger partial charge in [0, 0.05) is 6.54 Å². The average molecular weight is 326 g/mol. The zero-order valence-electron chi connectivity index (χ0n) is 14.0. The van der Waals surface area contributed by atoms with Gasteiger partial charge in [0.05, 0.1) is 11.8 Å². The molecule has 5 nitrogen and oxygen atoms in total. The number of hydrogen-bond acceptors (Lipinski definition) is 3. The molecule has 126 valence electrons. The molecule has 0 aromatic heterocycles. The van der Waals surface area contributed by atoms with E-state index in [1.165, 1.54) is 0 Å². The summed E-state index contributed by atoms with van der Waals surface area (Å²) < 4.78 is 0. The predicted molar refractivity (Wildman–Crippen MR) is 89.7 cm³/mol. The lowest BCUT2D eigenvalue weighted by Crippen LogP contribution is -2.48. The molecule has 3 rings (SSSR count). The average Bonchev–Trinajstić information content (AvgIpc) is 2.85. The zero-order valence-corrected chi connectivity index (χ0v) is 14.0. The van der Waals surface area contributed by atoms with Gasteiger partial charge in [0.1, 0.15) is 6.04 Å². The monoisotopic (exact) mass is 326 g/mol. The molecule has 1 saturated heterocycles. The van der Waals surface area contributed by atoms with Crippen LogP contribution in [0.25, 0.3) is 0 Å². The molecule has 1 aromatic rings. The van der Waals surface area contributed by atoms with Crippen molar-refractivity contribution in [3.05, 3.63) is 47.5 Å². The summed E-state index contributed by atoms with van der Waals surface area (Å²) in [5.74, 6) is -1.33. The Bertz CT molecular complexity index is 667. The van der Waals surface area contributed by atoms with Gasteiger partial charge in [0.15, 0.2) is 0 Å². The van der Waals surface area contributed by atoms with E-state index in [1.807, 2.05) is 43.3 Å². The number of hydrogen-bond donors (Lipinski definition) is 1. The molecule has 0 unspecified atom stereocenters. The van der Waals surface area contributed by atoms with Gasteiger partial charge in [-0.05, 0) is 32.3 Å². The van der Waals surface area contributed by atoms with Gasteiger partial charge in [0.2, 0.25) is 17.7 Å². The highest BCUT2D eigenvalue weighted by Gasteiger charge is 2.49. The van der Waals surface area contributed by atoms with Gasteiger partial charge in [-0.15, -0.1) is 0 Å². The lowest BCUT2D eigenvalue weighted by Gasteiger charge is -2.22. The quantitative estimate of drug-likeness (QED) is 0.679. The summed E-state index contributed by atoms with van der Waals surface area (Å²) in [5, 5.41) is 2.82. The van der Waals surface area contributed by atoms with E-state index in [9.17, 15) is 14.4 Å². The third-order valence-electron chi connectivity index (χ3n) is 4.90. The van der Waals surface area contributed by atoms with Gasteiger partial charge in [-0.2, -0.15) is 0 Å². The van der Waals surface area contributed by atoms with Gasteiger partial charge in [-0.3, -0.25) is 19.3 Å². The first kappa shape index (κ1) is 16.4. The van der Waals surface area contributed by atoms with Gasteiger partial charge in [-0.25, -0.2) is 0 Å². The van der Waals surface area contributed by atoms with Crippen molar-refractivity contribution in [3.8, 4) is 0 Å². The first-order chi connectivity index (χ1) is 11.5. The lowest BCUT2D eigenvalue weighted by molar-refractivity contribution is -0.147. The maximum atomic E-state index is 12.5. The largest absolute Gasteiger partial charge is 0.350 e. The van der Waals surface area contributed by atoms with Gasteiger partial charge < -0.3 is 5.32 Å². The van der Waals surface area contributed by atoms with Crippen LogP contribution < -0.4 is 5.32 Å². The Balaban J connectivity index is 1.64. The maximum Gasteiger partial charge on any atom is 0.243 e. The zero-order chi connectivity index (χ0) is 17.3. The van der Waals surface area contributed by atoms with Crippen LogP contribution in [0, 0.1) is 18.8 Å². The maximum absolute atomic E-state index is 12.5. The van der Waals surface area contributed by atoms with Crippen LogP contribution in [-0.2, 0) is 20.9 Å². The van der Waals surface area contributed by atoms with E-state index in [2.05, 4.69) is 5.32 Å². The van der Waals surface area contributed by atoms with Crippen molar-refractivity contribution < 1.29 is 14.4 Å². The standard InChI is InChI=1S/C19H22N2O3/c1-12-7-9-14(10-8-12)11-20-17(22)13(2)21-18(23)15-5-3-4-6-16(15)19(21)24/h3-4,7-10,13,15-16H,5-6,11H2,1-2H3,(H,20,22)/t13-,15-,16-/m0/s1. The fraction of sp³-hybridized carbons (Fsp3) is 0.421.